The van der Waals surface area contributed by atoms with Crippen molar-refractivity contribution in [2.45, 2.75) is 32.7 Å². The Balaban J connectivity index is 2.31. The van der Waals surface area contributed by atoms with Gasteiger partial charge in [-0.3, -0.25) is 0 Å². The molecule has 0 saturated carbocycles. The molecule has 0 radical (unpaired) electrons. The first-order valence-electron chi connectivity index (χ1n) is 6.07. The van der Waals surface area contributed by atoms with E-state index < -0.39 is 0 Å². The van der Waals surface area contributed by atoms with E-state index >= 15 is 0 Å². The summed E-state index contributed by atoms with van der Waals surface area (Å²) in [7, 11) is 1.44. The second-order valence-electron chi connectivity index (χ2n) is 4.63. The van der Waals surface area contributed by atoms with Gasteiger partial charge in [0.15, 0.2) is 0 Å². The molecular weight excluding hydrogens is 214 g/mol. The summed E-state index contributed by atoms with van der Waals surface area (Å²) in [4.78, 5) is 13.8. The van der Waals surface area contributed by atoms with Gasteiger partial charge in [-0.1, -0.05) is 17.7 Å². The van der Waals surface area contributed by atoms with Crippen LogP contribution >= 0.6 is 0 Å². The minimum absolute atomic E-state index is 0.168. The lowest BCUT2D eigenvalue weighted by Gasteiger charge is -2.35. The molecular formula is C14H19NO2. The van der Waals surface area contributed by atoms with Crippen LogP contribution in [0.15, 0.2) is 18.2 Å². The number of methoxy groups -OCH3 is 1. The minimum atomic E-state index is -0.207. The zero-order valence-corrected chi connectivity index (χ0v) is 10.7. The van der Waals surface area contributed by atoms with Crippen LogP contribution in [0.2, 0.25) is 0 Å². The van der Waals surface area contributed by atoms with Crippen LogP contribution in [0.4, 0.5) is 5.69 Å². The average molecular weight is 233 g/mol. The Morgan fingerprint density at radius 2 is 2.24 bits per heavy atom. The number of carbonyl (C=O) groups excluding carboxylic acids is 1. The van der Waals surface area contributed by atoms with Crippen LogP contribution in [0.25, 0.3) is 0 Å². The Labute approximate surface area is 102 Å². The number of nitrogens with zero attached hydrogens (tertiary/aromatic N) is 1. The third kappa shape index (κ3) is 2.28. The van der Waals surface area contributed by atoms with Gasteiger partial charge in [0.2, 0.25) is 0 Å². The predicted molar refractivity (Wildman–Crippen MR) is 68.3 cm³/mol. The second-order valence-corrected chi connectivity index (χ2v) is 4.63. The molecule has 3 nitrogen and oxygen atoms in total. The summed E-state index contributed by atoms with van der Waals surface area (Å²) >= 11 is 0. The summed E-state index contributed by atoms with van der Waals surface area (Å²) in [5.41, 5.74) is 3.79. The van der Waals surface area contributed by atoms with Crippen molar-refractivity contribution in [1.29, 1.82) is 0 Å². The Hall–Kier alpha value is -1.51. The van der Waals surface area contributed by atoms with Gasteiger partial charge < -0.3 is 9.64 Å². The van der Waals surface area contributed by atoms with Gasteiger partial charge in [0.05, 0.1) is 7.11 Å². The van der Waals surface area contributed by atoms with Gasteiger partial charge in [-0.25, -0.2) is 4.79 Å². The van der Waals surface area contributed by atoms with Crippen LogP contribution in [0.5, 0.6) is 0 Å². The van der Waals surface area contributed by atoms with Crippen molar-refractivity contribution in [2.24, 2.45) is 0 Å². The zero-order valence-electron chi connectivity index (χ0n) is 10.7. The molecule has 2 rings (SSSR count). The van der Waals surface area contributed by atoms with E-state index in [1.165, 1.54) is 23.9 Å². The number of rotatable bonds is 2. The molecule has 0 saturated heterocycles. The maximum Gasteiger partial charge on any atom is 0.328 e. The Morgan fingerprint density at radius 1 is 1.47 bits per heavy atom. The minimum Gasteiger partial charge on any atom is -0.467 e. The summed E-state index contributed by atoms with van der Waals surface area (Å²) in [6.45, 7) is 4.93. The van der Waals surface area contributed by atoms with E-state index in [0.717, 1.165) is 19.4 Å². The second kappa shape index (κ2) is 4.78. The maximum absolute atomic E-state index is 11.6. The number of aryl methyl sites for hydroxylation is 2. The van der Waals surface area contributed by atoms with E-state index in [2.05, 4.69) is 30.0 Å². The van der Waals surface area contributed by atoms with E-state index in [9.17, 15) is 4.79 Å². The van der Waals surface area contributed by atoms with Crippen molar-refractivity contribution in [3.63, 3.8) is 0 Å². The van der Waals surface area contributed by atoms with Crippen molar-refractivity contribution < 1.29 is 9.53 Å². The van der Waals surface area contributed by atoms with Gasteiger partial charge >= 0.3 is 5.97 Å². The standard InChI is InChI=1S/C14H19NO2/c1-10-6-7-13-12(9-10)5-4-8-15(13)11(2)14(16)17-3/h6-7,9,11H,4-5,8H2,1-3H3. The Morgan fingerprint density at radius 3 is 2.94 bits per heavy atom. The molecule has 1 aliphatic heterocycles. The molecule has 0 N–H and O–H groups in total. The number of fused-ring (bicyclic) bond motifs is 1. The maximum atomic E-state index is 11.6. The zero-order chi connectivity index (χ0) is 12.4. The fourth-order valence-corrected chi connectivity index (χ4v) is 2.46. The van der Waals surface area contributed by atoms with Crippen LogP contribution in [0.3, 0.4) is 0 Å². The smallest absolute Gasteiger partial charge is 0.328 e. The lowest BCUT2D eigenvalue weighted by molar-refractivity contribution is -0.141. The van der Waals surface area contributed by atoms with Crippen LogP contribution in [-0.2, 0) is 16.0 Å². The van der Waals surface area contributed by atoms with Crippen LogP contribution < -0.4 is 4.90 Å². The van der Waals surface area contributed by atoms with Crippen LogP contribution in [0, 0.1) is 6.92 Å². The average Bonchev–Trinajstić information content (AvgIpc) is 2.35. The molecule has 0 aromatic heterocycles. The van der Waals surface area contributed by atoms with Crippen molar-refractivity contribution in [3.05, 3.63) is 29.3 Å². The molecule has 0 spiro atoms. The lowest BCUT2D eigenvalue weighted by atomic mass is 9.98. The van der Waals surface area contributed by atoms with Crippen LogP contribution in [0.1, 0.15) is 24.5 Å². The Bertz CT molecular complexity index is 428. The number of benzene rings is 1. The van der Waals surface area contributed by atoms with Crippen molar-refractivity contribution >= 4 is 11.7 Å². The largest absolute Gasteiger partial charge is 0.467 e. The van der Waals surface area contributed by atoms with Gasteiger partial charge in [0.1, 0.15) is 6.04 Å². The van der Waals surface area contributed by atoms with Crippen molar-refractivity contribution in [1.82, 2.24) is 0 Å². The number of anilines is 1. The molecule has 0 amide bonds. The number of hydrogen-bond donors (Lipinski definition) is 0. The highest BCUT2D eigenvalue weighted by Crippen LogP contribution is 2.29. The number of hydrogen-bond acceptors (Lipinski definition) is 3. The fourth-order valence-electron chi connectivity index (χ4n) is 2.46. The number of esters is 1. The first-order chi connectivity index (χ1) is 8.13. The SMILES string of the molecule is COC(=O)C(C)N1CCCc2cc(C)ccc21. The lowest BCUT2D eigenvalue weighted by Crippen LogP contribution is -2.42. The Kier molecular flexibility index (Phi) is 3.36. The summed E-state index contributed by atoms with van der Waals surface area (Å²) in [5.74, 6) is -0.168. The van der Waals surface area contributed by atoms with E-state index in [4.69, 9.17) is 4.74 Å². The first-order valence-corrected chi connectivity index (χ1v) is 6.07. The highest BCUT2D eigenvalue weighted by molar-refractivity contribution is 5.80. The van der Waals surface area contributed by atoms with Gasteiger partial charge in [-0.2, -0.15) is 0 Å². The number of carbonyl (C=O) groups is 1. The topological polar surface area (TPSA) is 29.5 Å². The summed E-state index contributed by atoms with van der Waals surface area (Å²) in [6, 6.07) is 6.22. The monoisotopic (exact) mass is 233 g/mol. The molecule has 17 heavy (non-hydrogen) atoms. The molecule has 92 valence electrons. The summed E-state index contributed by atoms with van der Waals surface area (Å²) in [6.07, 6.45) is 2.19. The molecule has 1 heterocycles. The van der Waals surface area contributed by atoms with E-state index in [1.54, 1.807) is 0 Å². The van der Waals surface area contributed by atoms with E-state index in [-0.39, 0.29) is 12.0 Å². The fraction of sp³-hybridized carbons (Fsp3) is 0.500. The molecule has 1 unspecified atom stereocenters. The van der Waals surface area contributed by atoms with E-state index in [1.807, 2.05) is 6.92 Å². The third-order valence-corrected chi connectivity index (χ3v) is 3.40. The normalized spacial score (nSPS) is 16.3. The molecule has 1 aliphatic rings. The molecule has 0 bridgehead atoms. The van der Waals surface area contributed by atoms with Crippen molar-refractivity contribution in [3.8, 4) is 0 Å². The summed E-state index contributed by atoms with van der Waals surface area (Å²) < 4.78 is 4.82. The molecule has 1 aromatic carbocycles. The first kappa shape index (κ1) is 12.0. The van der Waals surface area contributed by atoms with Gasteiger partial charge in [-0.05, 0) is 38.3 Å². The molecule has 0 fully saturated rings. The molecule has 1 atom stereocenters. The molecule has 3 heteroatoms. The predicted octanol–water partition coefficient (Wildman–Crippen LogP) is 2.31. The summed E-state index contributed by atoms with van der Waals surface area (Å²) in [5, 5.41) is 0. The molecule has 1 aromatic rings. The number of ether oxygens (including phenoxy) is 1. The highest BCUT2D eigenvalue weighted by Gasteiger charge is 2.26. The van der Waals surface area contributed by atoms with Gasteiger partial charge in [0, 0.05) is 12.2 Å². The van der Waals surface area contributed by atoms with Gasteiger partial charge in [0.25, 0.3) is 0 Å². The van der Waals surface area contributed by atoms with Crippen molar-refractivity contribution in [2.75, 3.05) is 18.6 Å². The van der Waals surface area contributed by atoms with E-state index in [0.29, 0.717) is 0 Å². The van der Waals surface area contributed by atoms with Gasteiger partial charge in [-0.15, -0.1) is 0 Å². The van der Waals surface area contributed by atoms with Crippen LogP contribution in [-0.4, -0.2) is 25.7 Å². The third-order valence-electron chi connectivity index (χ3n) is 3.40. The molecule has 0 aliphatic carbocycles. The highest BCUT2D eigenvalue weighted by atomic mass is 16.5. The quantitative estimate of drug-likeness (QED) is 0.734.